The first-order valence-corrected chi connectivity index (χ1v) is 6.34. The molecule has 2 aromatic rings. The number of aryl methyl sites for hydroxylation is 1. The fourth-order valence-electron chi connectivity index (χ4n) is 1.72. The van der Waals surface area contributed by atoms with Gasteiger partial charge in [0, 0.05) is 11.3 Å². The number of halogens is 1. The van der Waals surface area contributed by atoms with E-state index in [2.05, 4.69) is 0 Å². The number of rotatable bonds is 3. The Kier molecular flexibility index (Phi) is 3.64. The Morgan fingerprint density at radius 2 is 2.00 bits per heavy atom. The van der Waals surface area contributed by atoms with Gasteiger partial charge in [-0.2, -0.15) is 0 Å². The summed E-state index contributed by atoms with van der Waals surface area (Å²) in [5, 5.41) is 10.1. The number of thiophene rings is 1. The maximum absolute atomic E-state index is 10.1. The van der Waals surface area contributed by atoms with Crippen molar-refractivity contribution in [2.24, 2.45) is 0 Å². The highest BCUT2D eigenvalue weighted by molar-refractivity contribution is 7.16. The van der Waals surface area contributed by atoms with E-state index in [-0.39, 0.29) is 0 Å². The summed E-state index contributed by atoms with van der Waals surface area (Å²) in [6, 6.07) is 11.7. The molecule has 0 aliphatic carbocycles. The lowest BCUT2D eigenvalue weighted by Crippen LogP contribution is -2.02. The van der Waals surface area contributed by atoms with Crippen LogP contribution in [0, 0.1) is 6.92 Å². The quantitative estimate of drug-likeness (QED) is 0.876. The molecule has 1 heterocycles. The predicted octanol–water partition coefficient (Wildman–Crippen LogP) is 3.99. The zero-order valence-corrected chi connectivity index (χ0v) is 10.6. The Labute approximate surface area is 104 Å². The van der Waals surface area contributed by atoms with Gasteiger partial charge in [-0.3, -0.25) is 0 Å². The Balaban J connectivity index is 2.14. The molecule has 16 heavy (non-hydrogen) atoms. The van der Waals surface area contributed by atoms with Gasteiger partial charge in [0.05, 0.1) is 10.4 Å². The Morgan fingerprint density at radius 3 is 2.62 bits per heavy atom. The van der Waals surface area contributed by atoms with Crippen LogP contribution in [0.15, 0.2) is 36.4 Å². The molecule has 1 atom stereocenters. The fraction of sp³-hybridized carbons (Fsp3) is 0.231. The van der Waals surface area contributed by atoms with Gasteiger partial charge in [0.2, 0.25) is 0 Å². The average molecular weight is 253 g/mol. The third-order valence-corrected chi connectivity index (χ3v) is 3.82. The number of benzene rings is 1. The molecule has 1 aromatic heterocycles. The Morgan fingerprint density at radius 1 is 1.25 bits per heavy atom. The summed E-state index contributed by atoms with van der Waals surface area (Å²) in [6.07, 6.45) is 0.179. The van der Waals surface area contributed by atoms with Gasteiger partial charge >= 0.3 is 0 Å². The molecule has 84 valence electrons. The minimum Gasteiger partial charge on any atom is -0.388 e. The SMILES string of the molecule is Cc1ccccc1C(O)Cc1ccc(Cl)s1. The average Bonchev–Trinajstić information content (AvgIpc) is 2.64. The first-order valence-electron chi connectivity index (χ1n) is 5.14. The molecule has 0 amide bonds. The van der Waals surface area contributed by atoms with Crippen molar-refractivity contribution in [2.45, 2.75) is 19.4 Å². The molecule has 3 heteroatoms. The molecule has 0 aliphatic rings. The second-order valence-corrected chi connectivity index (χ2v) is 5.58. The lowest BCUT2D eigenvalue weighted by Gasteiger charge is -2.12. The zero-order valence-electron chi connectivity index (χ0n) is 8.98. The van der Waals surface area contributed by atoms with Crippen LogP contribution in [-0.4, -0.2) is 5.11 Å². The van der Waals surface area contributed by atoms with Crippen molar-refractivity contribution in [3.05, 3.63) is 56.7 Å². The van der Waals surface area contributed by atoms with Crippen molar-refractivity contribution in [3.63, 3.8) is 0 Å². The van der Waals surface area contributed by atoms with Crippen LogP contribution < -0.4 is 0 Å². The molecule has 0 bridgehead atoms. The third-order valence-electron chi connectivity index (χ3n) is 2.57. The highest BCUT2D eigenvalue weighted by atomic mass is 35.5. The van der Waals surface area contributed by atoms with Gasteiger partial charge in [0.15, 0.2) is 0 Å². The van der Waals surface area contributed by atoms with E-state index in [0.29, 0.717) is 6.42 Å². The van der Waals surface area contributed by atoms with Crippen LogP contribution in [0.4, 0.5) is 0 Å². The summed E-state index contributed by atoms with van der Waals surface area (Å²) in [5.74, 6) is 0. The minimum absolute atomic E-state index is 0.448. The molecule has 0 aliphatic heterocycles. The van der Waals surface area contributed by atoms with Gasteiger partial charge in [-0.05, 0) is 30.2 Å². The molecule has 2 rings (SSSR count). The number of aliphatic hydroxyl groups excluding tert-OH is 1. The smallest absolute Gasteiger partial charge is 0.0931 e. The van der Waals surface area contributed by atoms with Crippen LogP contribution in [0.2, 0.25) is 4.34 Å². The standard InChI is InChI=1S/C13H13ClOS/c1-9-4-2-3-5-11(9)12(15)8-10-6-7-13(14)16-10/h2-7,12,15H,8H2,1H3. The first kappa shape index (κ1) is 11.6. The number of hydrogen-bond acceptors (Lipinski definition) is 2. The highest BCUT2D eigenvalue weighted by Gasteiger charge is 2.11. The lowest BCUT2D eigenvalue weighted by atomic mass is 10.0. The topological polar surface area (TPSA) is 20.2 Å². The summed E-state index contributed by atoms with van der Waals surface area (Å²) in [5.41, 5.74) is 2.12. The number of hydrogen-bond donors (Lipinski definition) is 1. The molecular formula is C13H13ClOS. The second-order valence-electron chi connectivity index (χ2n) is 3.78. The molecule has 0 saturated carbocycles. The molecule has 1 aromatic carbocycles. The van der Waals surface area contributed by atoms with Gasteiger partial charge in [0.1, 0.15) is 0 Å². The molecule has 0 spiro atoms. The summed E-state index contributed by atoms with van der Waals surface area (Å²) < 4.78 is 0.770. The van der Waals surface area contributed by atoms with Gasteiger partial charge < -0.3 is 5.11 Å². The lowest BCUT2D eigenvalue weighted by molar-refractivity contribution is 0.178. The van der Waals surface area contributed by atoms with E-state index in [4.69, 9.17) is 11.6 Å². The fourth-order valence-corrected chi connectivity index (χ4v) is 2.85. The molecule has 1 N–H and O–H groups in total. The summed E-state index contributed by atoms with van der Waals surface area (Å²) in [4.78, 5) is 1.11. The summed E-state index contributed by atoms with van der Waals surface area (Å²) in [7, 11) is 0. The molecule has 1 nitrogen and oxygen atoms in total. The third kappa shape index (κ3) is 2.64. The van der Waals surface area contributed by atoms with Crippen molar-refractivity contribution in [1.82, 2.24) is 0 Å². The van der Waals surface area contributed by atoms with E-state index < -0.39 is 6.10 Å². The molecular weight excluding hydrogens is 240 g/mol. The Hall–Kier alpha value is -0.830. The van der Waals surface area contributed by atoms with Crippen LogP contribution in [0.1, 0.15) is 22.1 Å². The van der Waals surface area contributed by atoms with Gasteiger partial charge in [0.25, 0.3) is 0 Å². The normalized spacial score (nSPS) is 12.7. The molecule has 0 radical (unpaired) electrons. The second kappa shape index (κ2) is 5.00. The number of aliphatic hydroxyl groups is 1. The van der Waals surface area contributed by atoms with Crippen LogP contribution in [-0.2, 0) is 6.42 Å². The van der Waals surface area contributed by atoms with E-state index in [0.717, 1.165) is 20.3 Å². The summed E-state index contributed by atoms with van der Waals surface area (Å²) >= 11 is 7.38. The molecule has 0 fully saturated rings. The van der Waals surface area contributed by atoms with E-state index in [1.165, 1.54) is 11.3 Å². The van der Waals surface area contributed by atoms with E-state index in [9.17, 15) is 5.11 Å². The Bertz CT molecular complexity index is 478. The largest absolute Gasteiger partial charge is 0.388 e. The van der Waals surface area contributed by atoms with Crippen LogP contribution >= 0.6 is 22.9 Å². The maximum Gasteiger partial charge on any atom is 0.0931 e. The van der Waals surface area contributed by atoms with Gasteiger partial charge in [-0.1, -0.05) is 35.9 Å². The van der Waals surface area contributed by atoms with Crippen LogP contribution in [0.3, 0.4) is 0 Å². The van der Waals surface area contributed by atoms with E-state index >= 15 is 0 Å². The van der Waals surface area contributed by atoms with Crippen molar-refractivity contribution >= 4 is 22.9 Å². The summed E-state index contributed by atoms with van der Waals surface area (Å²) in [6.45, 7) is 2.01. The van der Waals surface area contributed by atoms with Crippen LogP contribution in [0.5, 0.6) is 0 Å². The van der Waals surface area contributed by atoms with Crippen molar-refractivity contribution in [1.29, 1.82) is 0 Å². The zero-order chi connectivity index (χ0) is 11.5. The van der Waals surface area contributed by atoms with Crippen LogP contribution in [0.25, 0.3) is 0 Å². The molecule has 0 saturated heterocycles. The van der Waals surface area contributed by atoms with E-state index in [1.54, 1.807) is 0 Å². The van der Waals surface area contributed by atoms with E-state index in [1.807, 2.05) is 43.3 Å². The van der Waals surface area contributed by atoms with Gasteiger partial charge in [-0.25, -0.2) is 0 Å². The monoisotopic (exact) mass is 252 g/mol. The van der Waals surface area contributed by atoms with Crippen molar-refractivity contribution < 1.29 is 5.11 Å². The van der Waals surface area contributed by atoms with Crippen molar-refractivity contribution in [3.8, 4) is 0 Å². The molecule has 1 unspecified atom stereocenters. The maximum atomic E-state index is 10.1. The minimum atomic E-state index is -0.448. The van der Waals surface area contributed by atoms with Crippen molar-refractivity contribution in [2.75, 3.05) is 0 Å². The predicted molar refractivity (Wildman–Crippen MR) is 69.2 cm³/mol. The van der Waals surface area contributed by atoms with Gasteiger partial charge in [-0.15, -0.1) is 11.3 Å². The highest BCUT2D eigenvalue weighted by Crippen LogP contribution is 2.27. The first-order chi connectivity index (χ1) is 7.66.